The molecule has 3 aromatic rings. The Kier molecular flexibility index (Phi) is 12.9. The Morgan fingerprint density at radius 3 is 1.70 bits per heavy atom. The Morgan fingerprint density at radius 1 is 0.683 bits per heavy atom. The Morgan fingerprint density at radius 2 is 1.17 bits per heavy atom. The maximum Gasteiger partial charge on any atom is 0.407 e. The van der Waals surface area contributed by atoms with Gasteiger partial charge in [-0.25, -0.2) is 14.6 Å². The molecule has 1 unspecified atom stereocenters. The van der Waals surface area contributed by atoms with Crippen LogP contribution in [0, 0.1) is 11.8 Å². The van der Waals surface area contributed by atoms with Gasteiger partial charge in [-0.1, -0.05) is 48.5 Å². The van der Waals surface area contributed by atoms with Gasteiger partial charge in [0.05, 0.1) is 38.2 Å². The van der Waals surface area contributed by atoms with E-state index in [1.165, 1.54) is 14.2 Å². The zero-order valence-corrected chi connectivity index (χ0v) is 34.4. The summed E-state index contributed by atoms with van der Waals surface area (Å²) < 4.78 is 20.8. The van der Waals surface area contributed by atoms with E-state index in [1.807, 2.05) is 22.2 Å². The molecule has 0 aliphatic carbocycles. The summed E-state index contributed by atoms with van der Waals surface area (Å²) in [5.74, 6) is 0.509. The summed E-state index contributed by atoms with van der Waals surface area (Å²) in [6, 6.07) is 15.1. The van der Waals surface area contributed by atoms with Crippen molar-refractivity contribution in [1.82, 2.24) is 30.4 Å². The smallest absolute Gasteiger partial charge is 0.407 e. The molecule has 15 nitrogen and oxygen atoms in total. The predicted octanol–water partition coefficient (Wildman–Crippen LogP) is 5.89. The summed E-state index contributed by atoms with van der Waals surface area (Å²) >= 11 is 0. The van der Waals surface area contributed by atoms with Crippen molar-refractivity contribution in [2.45, 2.75) is 82.0 Å². The molecule has 0 spiro atoms. The van der Waals surface area contributed by atoms with Crippen molar-refractivity contribution in [3.05, 3.63) is 72.3 Å². The molecule has 3 N–H and O–H groups in total. The Labute approximate surface area is 350 Å². The fourth-order valence-corrected chi connectivity index (χ4v) is 9.48. The number of carbonyl (C=O) groups is 4. The van der Waals surface area contributed by atoms with Crippen LogP contribution in [-0.2, 0) is 28.5 Å². The third-order valence-corrected chi connectivity index (χ3v) is 12.8. The first kappa shape index (κ1) is 41.2. The number of hydrogen-bond donors (Lipinski definition) is 3. The van der Waals surface area contributed by atoms with Crippen LogP contribution in [0.3, 0.4) is 0 Å². The number of aromatic amines is 1. The normalized spacial score (nSPS) is 22.2. The summed E-state index contributed by atoms with van der Waals surface area (Å²) in [4.78, 5) is 69.3. The van der Waals surface area contributed by atoms with Crippen LogP contribution in [0.25, 0.3) is 28.0 Å². The second-order valence-electron chi connectivity index (χ2n) is 16.3. The lowest BCUT2D eigenvalue weighted by Crippen LogP contribution is -2.55. The minimum absolute atomic E-state index is 0.00804. The summed E-state index contributed by atoms with van der Waals surface area (Å²) in [5, 5.41) is 5.64. The van der Waals surface area contributed by atoms with Gasteiger partial charge in [0.15, 0.2) is 0 Å². The lowest BCUT2D eigenvalue weighted by atomic mass is 9.90. The van der Waals surface area contributed by atoms with E-state index in [9.17, 15) is 19.2 Å². The van der Waals surface area contributed by atoms with Crippen LogP contribution >= 0.6 is 0 Å². The number of benzene rings is 2. The number of nitrogens with one attached hydrogen (secondary N) is 3. The summed E-state index contributed by atoms with van der Waals surface area (Å²) in [6.45, 7) is 3.49. The number of hydrogen-bond acceptors (Lipinski definition) is 10. The second-order valence-corrected chi connectivity index (χ2v) is 16.3. The highest BCUT2D eigenvalue weighted by Gasteiger charge is 2.42. The van der Waals surface area contributed by atoms with Crippen LogP contribution < -0.4 is 10.6 Å². The van der Waals surface area contributed by atoms with Crippen LogP contribution in [-0.4, -0.2) is 121 Å². The number of aromatic nitrogens is 2. The second kappa shape index (κ2) is 18.8. The molecule has 4 atom stereocenters. The molecule has 0 radical (unpaired) electrons. The fraction of sp³-hybridized carbons (Fsp3) is 0.511. The maximum absolute atomic E-state index is 14.0. The van der Waals surface area contributed by atoms with Gasteiger partial charge in [-0.3, -0.25) is 14.6 Å². The molecule has 5 aliphatic rings. The number of amides is 4. The average molecular weight is 822 g/mol. The number of imidazole rings is 1. The molecule has 0 saturated carbocycles. The SMILES string of the molecule is COC(=O)N[C@H](C(=O)N1CCCC1c1ncc(-c2ccc(-c3ccc(C4=CN=C([C@@H]5CCCN5C(=O)[C@@H](NC(=O)OC)C5CCOCC5)C4)cc3)cc2)[nH]1)C1CCOCC1. The first-order chi connectivity index (χ1) is 29.3. The lowest BCUT2D eigenvalue weighted by molar-refractivity contribution is -0.137. The summed E-state index contributed by atoms with van der Waals surface area (Å²) in [6.07, 6.45) is 9.35. The van der Waals surface area contributed by atoms with Gasteiger partial charge in [-0.2, -0.15) is 0 Å². The van der Waals surface area contributed by atoms with Crippen LogP contribution in [0.5, 0.6) is 0 Å². The lowest BCUT2D eigenvalue weighted by Gasteiger charge is -2.34. The number of nitrogens with zero attached hydrogens (tertiary/aromatic N) is 4. The maximum atomic E-state index is 14.0. The Bertz CT molecular complexity index is 2070. The first-order valence-corrected chi connectivity index (χ1v) is 21.3. The third kappa shape index (κ3) is 8.97. The van der Waals surface area contributed by atoms with E-state index >= 15 is 0 Å². The van der Waals surface area contributed by atoms with Gasteiger partial charge < -0.3 is 44.4 Å². The van der Waals surface area contributed by atoms with E-state index in [-0.39, 0.29) is 35.7 Å². The van der Waals surface area contributed by atoms with Crippen molar-refractivity contribution < 1.29 is 38.1 Å². The zero-order valence-electron chi connectivity index (χ0n) is 34.4. The number of likely N-dealkylation sites (tertiary alicyclic amines) is 2. The van der Waals surface area contributed by atoms with Crippen LogP contribution in [0.15, 0.2) is 65.9 Å². The predicted molar refractivity (Wildman–Crippen MR) is 224 cm³/mol. The van der Waals surface area contributed by atoms with Crippen molar-refractivity contribution >= 4 is 35.3 Å². The highest BCUT2D eigenvalue weighted by atomic mass is 16.5. The molecule has 6 heterocycles. The van der Waals surface area contributed by atoms with Crippen molar-refractivity contribution in [2.24, 2.45) is 16.8 Å². The number of carbonyl (C=O) groups excluding carboxylic acids is 4. The van der Waals surface area contributed by atoms with Crippen LogP contribution in [0.1, 0.15) is 75.2 Å². The minimum atomic E-state index is -0.682. The van der Waals surface area contributed by atoms with E-state index in [1.54, 1.807) is 0 Å². The highest BCUT2D eigenvalue weighted by Crippen LogP contribution is 2.36. The van der Waals surface area contributed by atoms with Gasteiger partial charge in [0.25, 0.3) is 0 Å². The topological polar surface area (TPSA) is 177 Å². The minimum Gasteiger partial charge on any atom is -0.453 e. The Balaban J connectivity index is 0.886. The van der Waals surface area contributed by atoms with Crippen LogP contribution in [0.2, 0.25) is 0 Å². The van der Waals surface area contributed by atoms with Gasteiger partial charge in [0, 0.05) is 57.8 Å². The molecule has 2 aromatic carbocycles. The molecule has 4 fully saturated rings. The van der Waals surface area contributed by atoms with Gasteiger partial charge >= 0.3 is 12.2 Å². The van der Waals surface area contributed by atoms with Gasteiger partial charge in [0.1, 0.15) is 17.9 Å². The molecule has 0 bridgehead atoms. The van der Waals surface area contributed by atoms with Crippen molar-refractivity contribution in [3.63, 3.8) is 0 Å². The highest BCUT2D eigenvalue weighted by molar-refractivity contribution is 6.04. The van der Waals surface area contributed by atoms with Gasteiger partial charge in [0.2, 0.25) is 11.8 Å². The summed E-state index contributed by atoms with van der Waals surface area (Å²) in [5.41, 5.74) is 7.18. The molecule has 8 rings (SSSR count). The van der Waals surface area contributed by atoms with Gasteiger partial charge in [-0.05, 0) is 91.0 Å². The molecule has 15 heteroatoms. The molecule has 4 amide bonds. The Hall–Kier alpha value is -5.54. The molecule has 60 heavy (non-hydrogen) atoms. The van der Waals surface area contributed by atoms with E-state index in [0.717, 1.165) is 70.7 Å². The number of ether oxygens (including phenoxy) is 4. The monoisotopic (exact) mass is 821 g/mol. The molecule has 318 valence electrons. The van der Waals surface area contributed by atoms with E-state index in [4.69, 9.17) is 28.9 Å². The van der Waals surface area contributed by atoms with E-state index in [2.05, 4.69) is 64.1 Å². The van der Waals surface area contributed by atoms with Crippen molar-refractivity contribution in [1.29, 1.82) is 0 Å². The largest absolute Gasteiger partial charge is 0.453 e. The number of H-pyrrole nitrogens is 1. The molecular formula is C45H55N7O8. The van der Waals surface area contributed by atoms with E-state index < -0.39 is 24.3 Å². The number of alkyl carbamates (subject to hydrolysis) is 2. The summed E-state index contributed by atoms with van der Waals surface area (Å²) in [7, 11) is 2.63. The molecule has 1 aromatic heterocycles. The molecule has 4 saturated heterocycles. The van der Waals surface area contributed by atoms with E-state index in [0.29, 0.717) is 71.6 Å². The average Bonchev–Trinajstić information content (AvgIpc) is 4.15. The number of methoxy groups -OCH3 is 2. The third-order valence-electron chi connectivity index (χ3n) is 12.8. The zero-order chi connectivity index (χ0) is 41.6. The van der Waals surface area contributed by atoms with Crippen molar-refractivity contribution in [2.75, 3.05) is 53.7 Å². The number of rotatable bonds is 11. The molecular weight excluding hydrogens is 767 g/mol. The number of aliphatic imine (C=N–C) groups is 1. The fourth-order valence-electron chi connectivity index (χ4n) is 9.48. The van der Waals surface area contributed by atoms with Crippen LogP contribution in [0.4, 0.5) is 9.59 Å². The quantitative estimate of drug-likeness (QED) is 0.213. The molecule has 5 aliphatic heterocycles. The standard InChI is InChI=1S/C45H55N7O8/c1-57-44(55)49-39(32-15-21-59-22-16-32)42(53)51-19-3-5-37(51)35-25-34(26-46-35)30-9-7-28(8-10-30)29-11-13-31(14-12-29)36-27-47-41(48-36)38-6-4-20-52(38)43(54)40(50-45(56)58-2)33-17-23-60-24-18-33/h7-14,26-27,32-33,37-40H,3-6,15-25H2,1-2H3,(H,47,48)(H,49,55)(H,50,56)/t37-,38?,39-,40-/m0/s1. The van der Waals surface area contributed by atoms with Gasteiger partial charge in [-0.15, -0.1) is 0 Å². The first-order valence-electron chi connectivity index (χ1n) is 21.3. The van der Waals surface area contributed by atoms with Crippen molar-refractivity contribution in [3.8, 4) is 22.4 Å². The number of allylic oxidation sites excluding steroid dienone is 1.